The monoisotopic (exact) mass is 1180 g/mol. The smallest absolute Gasteiger partial charge is 0.0541 e. The van der Waals surface area contributed by atoms with Crippen molar-refractivity contribution in [3.8, 4) is 56.1 Å². The van der Waals surface area contributed by atoms with Crippen molar-refractivity contribution in [2.45, 2.75) is 0 Å². The van der Waals surface area contributed by atoms with Crippen LogP contribution in [0.4, 0.5) is 0 Å². The van der Waals surface area contributed by atoms with Crippen LogP contribution in [0.3, 0.4) is 0 Å². The predicted molar refractivity (Wildman–Crippen MR) is 386 cm³/mol. The lowest BCUT2D eigenvalue weighted by Crippen LogP contribution is -1.97. The molecule has 0 N–H and O–H groups in total. The molecule has 418 valence electrons. The number of thiophene rings is 2. The summed E-state index contributed by atoms with van der Waals surface area (Å²) in [6, 6.07) is 113. The fourth-order valence-corrected chi connectivity index (χ4v) is 17.2. The summed E-state index contributed by atoms with van der Waals surface area (Å²) in [5, 5.41) is 15.1. The summed E-state index contributed by atoms with van der Waals surface area (Å²) in [5.74, 6) is 0. The Bertz CT molecular complexity index is 5900. The van der Waals surface area contributed by atoms with Crippen molar-refractivity contribution in [3.05, 3.63) is 303 Å². The van der Waals surface area contributed by atoms with Crippen molar-refractivity contribution in [2.24, 2.45) is 0 Å². The Morgan fingerprint density at radius 3 is 0.656 bits per heavy atom. The highest BCUT2D eigenvalue weighted by Gasteiger charge is 2.21. The van der Waals surface area contributed by atoms with Gasteiger partial charge < -0.3 is 18.3 Å². The first-order chi connectivity index (χ1) is 44.6. The Labute approximate surface area is 524 Å². The van der Waals surface area contributed by atoms with Crippen molar-refractivity contribution < 1.29 is 0 Å². The molecule has 0 spiro atoms. The fraction of sp³-hybridized carbons (Fsp3) is 0. The van der Waals surface area contributed by atoms with Crippen molar-refractivity contribution in [3.63, 3.8) is 0 Å². The van der Waals surface area contributed by atoms with Gasteiger partial charge in [0, 0.05) is 106 Å². The van der Waals surface area contributed by atoms with Gasteiger partial charge in [0.1, 0.15) is 0 Å². The van der Waals surface area contributed by atoms with Gasteiger partial charge in [-0.25, -0.2) is 0 Å². The second kappa shape index (κ2) is 19.1. The molecular weight excluding hydrogens is 1130 g/mol. The lowest BCUT2D eigenvalue weighted by Gasteiger charge is -2.12. The number of benzene rings is 14. The Balaban J connectivity index is 0.764. The summed E-state index contributed by atoms with van der Waals surface area (Å²) in [7, 11) is 0. The van der Waals surface area contributed by atoms with Crippen molar-refractivity contribution >= 4 is 150 Å². The average Bonchev–Trinajstić information content (AvgIpc) is 1.87. The Morgan fingerprint density at radius 1 is 0.156 bits per heavy atom. The van der Waals surface area contributed by atoms with E-state index >= 15 is 0 Å². The summed E-state index contributed by atoms with van der Waals surface area (Å²) in [6.45, 7) is 0. The summed E-state index contributed by atoms with van der Waals surface area (Å²) in [5.41, 5.74) is 21.1. The molecule has 20 rings (SSSR count). The number of fused-ring (bicyclic) bond motifs is 18. The van der Waals surface area contributed by atoms with E-state index in [1.165, 1.54) is 150 Å². The number of hydrogen-bond donors (Lipinski definition) is 0. The lowest BCUT2D eigenvalue weighted by molar-refractivity contribution is 1.14. The molecule has 90 heavy (non-hydrogen) atoms. The van der Waals surface area contributed by atoms with E-state index in [-0.39, 0.29) is 0 Å². The number of rotatable bonds is 7. The zero-order valence-corrected chi connectivity index (χ0v) is 50.1. The van der Waals surface area contributed by atoms with Gasteiger partial charge in [-0.1, -0.05) is 146 Å². The zero-order valence-electron chi connectivity index (χ0n) is 48.5. The third-order valence-corrected chi connectivity index (χ3v) is 21.5. The molecule has 0 atom stereocenters. The number of para-hydroxylation sites is 4. The maximum absolute atomic E-state index is 2.46. The van der Waals surface area contributed by atoms with Crippen LogP contribution in [0.15, 0.2) is 303 Å². The van der Waals surface area contributed by atoms with Crippen LogP contribution < -0.4 is 0 Å². The maximum Gasteiger partial charge on any atom is 0.0541 e. The number of aromatic nitrogens is 4. The highest BCUT2D eigenvalue weighted by molar-refractivity contribution is 7.26. The van der Waals surface area contributed by atoms with Crippen LogP contribution in [0.5, 0.6) is 0 Å². The van der Waals surface area contributed by atoms with Gasteiger partial charge in [0.25, 0.3) is 0 Å². The molecular formula is C84H50N4S2. The quantitative estimate of drug-likeness (QED) is 0.152. The SMILES string of the molecule is c1ccc2c(c1)sc1ccc(-c3ccc4c(c3)c3cc(-c5ccc6c(c5)c5cc(-c7ccc8sc9ccccc9c8c7)ccc5n6-c5ccc(-n6c7ccccc7c7ccccc76)cc5)ccc3n4-c3ccc(-n4c5ccccc5c5ccccc54)cc3)cc12. The second-order valence-electron chi connectivity index (χ2n) is 24.0. The molecule has 0 saturated heterocycles. The molecule has 20 aromatic rings. The zero-order chi connectivity index (χ0) is 58.7. The van der Waals surface area contributed by atoms with Crippen LogP contribution in [0, 0.1) is 0 Å². The highest BCUT2D eigenvalue weighted by atomic mass is 32.1. The molecule has 0 amide bonds. The van der Waals surface area contributed by atoms with Crippen LogP contribution in [0.25, 0.3) is 184 Å². The van der Waals surface area contributed by atoms with E-state index < -0.39 is 0 Å². The molecule has 0 aliphatic heterocycles. The minimum Gasteiger partial charge on any atom is -0.309 e. The van der Waals surface area contributed by atoms with E-state index in [0.717, 1.165) is 33.8 Å². The third kappa shape index (κ3) is 7.34. The lowest BCUT2D eigenvalue weighted by atomic mass is 9.98. The normalized spacial score (nSPS) is 12.2. The van der Waals surface area contributed by atoms with Gasteiger partial charge in [0.05, 0.1) is 44.1 Å². The Kier molecular flexibility index (Phi) is 10.6. The highest BCUT2D eigenvalue weighted by Crippen LogP contribution is 2.44. The van der Waals surface area contributed by atoms with Gasteiger partial charge in [-0.15, -0.1) is 22.7 Å². The maximum atomic E-state index is 2.46. The van der Waals surface area contributed by atoms with E-state index in [1.54, 1.807) is 0 Å². The molecule has 6 heteroatoms. The average molecular weight is 1180 g/mol. The van der Waals surface area contributed by atoms with Crippen LogP contribution in [0.2, 0.25) is 0 Å². The second-order valence-corrected chi connectivity index (χ2v) is 26.2. The molecule has 0 radical (unpaired) electrons. The van der Waals surface area contributed by atoms with E-state index in [2.05, 4.69) is 322 Å². The fourth-order valence-electron chi connectivity index (χ4n) is 15.0. The van der Waals surface area contributed by atoms with Gasteiger partial charge in [0.15, 0.2) is 0 Å². The van der Waals surface area contributed by atoms with Crippen LogP contribution in [0.1, 0.15) is 0 Å². The molecule has 0 fully saturated rings. The van der Waals surface area contributed by atoms with Crippen LogP contribution in [-0.4, -0.2) is 18.3 Å². The van der Waals surface area contributed by atoms with Crippen LogP contribution >= 0.6 is 22.7 Å². The van der Waals surface area contributed by atoms with Gasteiger partial charge in [-0.2, -0.15) is 0 Å². The predicted octanol–water partition coefficient (Wildman–Crippen LogP) is 23.8. The minimum atomic E-state index is 1.12. The molecule has 0 unspecified atom stereocenters. The topological polar surface area (TPSA) is 19.7 Å². The Hall–Kier alpha value is -11.3. The molecule has 0 bridgehead atoms. The van der Waals surface area contributed by atoms with Gasteiger partial charge >= 0.3 is 0 Å². The van der Waals surface area contributed by atoms with Gasteiger partial charge in [-0.05, 0) is 191 Å². The molecule has 0 aliphatic rings. The van der Waals surface area contributed by atoms with Crippen molar-refractivity contribution in [1.82, 2.24) is 18.3 Å². The first-order valence-corrected chi connectivity index (χ1v) is 32.4. The van der Waals surface area contributed by atoms with E-state index in [4.69, 9.17) is 0 Å². The van der Waals surface area contributed by atoms with Crippen LogP contribution in [-0.2, 0) is 0 Å². The summed E-state index contributed by atoms with van der Waals surface area (Å²) < 4.78 is 15.0. The molecule has 0 saturated carbocycles. The molecule has 14 aromatic carbocycles. The third-order valence-electron chi connectivity index (χ3n) is 19.2. The van der Waals surface area contributed by atoms with E-state index in [0.29, 0.717) is 0 Å². The summed E-state index contributed by atoms with van der Waals surface area (Å²) in [4.78, 5) is 0. The number of nitrogens with zero attached hydrogens (tertiary/aromatic N) is 4. The molecule has 4 nitrogen and oxygen atoms in total. The van der Waals surface area contributed by atoms with Crippen molar-refractivity contribution in [2.75, 3.05) is 0 Å². The van der Waals surface area contributed by atoms with E-state index in [9.17, 15) is 0 Å². The first kappa shape index (κ1) is 49.8. The molecule has 0 aliphatic carbocycles. The molecule has 6 aromatic heterocycles. The Morgan fingerprint density at radius 2 is 0.367 bits per heavy atom. The standard InChI is InChI=1S/C84H50N4S2/c1-7-19-73-61(13-1)62-14-2-8-20-74(62)85(73)57-31-35-59(36-32-57)87-77-39-25-51(45-67(77)69-47-53(27-41-79(69)87)55-29-43-83-71(49-55)65-17-5-11-23-81(65)89-83)52-26-40-78-68(46-52)70-48-54(56-30-44-84-72(50-56)66-18-6-12-24-82(66)90-84)28-42-80(70)88(78)60-37-33-58(34-38-60)86-75-21-9-3-15-63(75)64-16-4-10-22-76(64)86/h1-50H. The summed E-state index contributed by atoms with van der Waals surface area (Å²) in [6.07, 6.45) is 0. The molecule has 6 heterocycles. The minimum absolute atomic E-state index is 1.12. The van der Waals surface area contributed by atoms with Crippen molar-refractivity contribution in [1.29, 1.82) is 0 Å². The van der Waals surface area contributed by atoms with E-state index in [1.807, 2.05) is 22.7 Å². The largest absolute Gasteiger partial charge is 0.309 e. The number of hydrogen-bond acceptors (Lipinski definition) is 2. The van der Waals surface area contributed by atoms with Gasteiger partial charge in [-0.3, -0.25) is 0 Å². The van der Waals surface area contributed by atoms with Gasteiger partial charge in [0.2, 0.25) is 0 Å². The summed E-state index contributed by atoms with van der Waals surface area (Å²) >= 11 is 3.73. The first-order valence-electron chi connectivity index (χ1n) is 30.8.